The van der Waals surface area contributed by atoms with Gasteiger partial charge in [-0.3, -0.25) is 0 Å². The zero-order chi connectivity index (χ0) is 14.1. The third-order valence-electron chi connectivity index (χ3n) is 3.90. The van der Waals surface area contributed by atoms with Gasteiger partial charge in [0, 0.05) is 0 Å². The maximum atomic E-state index is 6.55. The van der Waals surface area contributed by atoms with Crippen molar-refractivity contribution >= 4 is 10.8 Å². The Labute approximate surface area is 120 Å². The molecule has 0 aliphatic carbocycles. The minimum Gasteiger partial charge on any atom is -0.320 e. The highest BCUT2D eigenvalue weighted by Crippen LogP contribution is 2.30. The summed E-state index contributed by atoms with van der Waals surface area (Å²) in [7, 11) is 0. The number of hydrogen-bond acceptors (Lipinski definition) is 1. The van der Waals surface area contributed by atoms with Gasteiger partial charge in [-0.25, -0.2) is 0 Å². The van der Waals surface area contributed by atoms with Gasteiger partial charge in [-0.2, -0.15) is 0 Å². The molecule has 0 fully saturated rings. The van der Waals surface area contributed by atoms with Crippen LogP contribution in [0.25, 0.3) is 10.8 Å². The summed E-state index contributed by atoms with van der Waals surface area (Å²) >= 11 is 0. The standard InChI is InChI=1S/C19H19N/c1-13-6-5-8-16(12-13)19(20)18-14(2)10-11-15-7-3-4-9-17(15)18/h3-12,19H,20H2,1-2H3. The van der Waals surface area contributed by atoms with Crippen molar-refractivity contribution in [2.75, 3.05) is 0 Å². The first-order valence-electron chi connectivity index (χ1n) is 6.97. The fourth-order valence-corrected chi connectivity index (χ4v) is 2.85. The second-order valence-corrected chi connectivity index (χ2v) is 5.41. The van der Waals surface area contributed by atoms with Crippen LogP contribution in [0.4, 0.5) is 0 Å². The molecule has 3 aromatic carbocycles. The van der Waals surface area contributed by atoms with E-state index in [4.69, 9.17) is 5.73 Å². The molecule has 0 heterocycles. The summed E-state index contributed by atoms with van der Waals surface area (Å²) in [5.74, 6) is 0. The fraction of sp³-hybridized carbons (Fsp3) is 0.158. The Bertz CT molecular complexity index is 759. The molecule has 3 rings (SSSR count). The maximum absolute atomic E-state index is 6.55. The third-order valence-corrected chi connectivity index (χ3v) is 3.90. The lowest BCUT2D eigenvalue weighted by Gasteiger charge is -2.18. The molecule has 0 saturated carbocycles. The number of nitrogens with two attached hydrogens (primary N) is 1. The van der Waals surface area contributed by atoms with Crippen LogP contribution in [0, 0.1) is 13.8 Å². The Morgan fingerprint density at radius 2 is 1.65 bits per heavy atom. The third kappa shape index (κ3) is 2.21. The average Bonchev–Trinajstić information content (AvgIpc) is 2.46. The molecule has 1 unspecified atom stereocenters. The number of hydrogen-bond donors (Lipinski definition) is 1. The van der Waals surface area contributed by atoms with Crippen LogP contribution in [-0.2, 0) is 0 Å². The van der Waals surface area contributed by atoms with Gasteiger partial charge in [0.15, 0.2) is 0 Å². The van der Waals surface area contributed by atoms with Gasteiger partial charge in [-0.1, -0.05) is 66.2 Å². The minimum absolute atomic E-state index is 0.0824. The first-order valence-corrected chi connectivity index (χ1v) is 6.97. The molecule has 100 valence electrons. The molecule has 0 bridgehead atoms. The topological polar surface area (TPSA) is 26.0 Å². The van der Waals surface area contributed by atoms with Crippen molar-refractivity contribution in [2.24, 2.45) is 5.73 Å². The smallest absolute Gasteiger partial charge is 0.0560 e. The molecule has 0 aromatic heterocycles. The van der Waals surface area contributed by atoms with Crippen LogP contribution in [0.1, 0.15) is 28.3 Å². The number of aryl methyl sites for hydroxylation is 2. The highest BCUT2D eigenvalue weighted by Gasteiger charge is 2.14. The van der Waals surface area contributed by atoms with Crippen molar-refractivity contribution in [2.45, 2.75) is 19.9 Å². The number of rotatable bonds is 2. The molecular weight excluding hydrogens is 242 g/mol. The molecule has 2 N–H and O–H groups in total. The van der Waals surface area contributed by atoms with Gasteiger partial charge in [-0.15, -0.1) is 0 Å². The van der Waals surface area contributed by atoms with Gasteiger partial charge >= 0.3 is 0 Å². The van der Waals surface area contributed by atoms with Crippen LogP contribution in [0.5, 0.6) is 0 Å². The Kier molecular flexibility index (Phi) is 3.29. The Morgan fingerprint density at radius 3 is 2.45 bits per heavy atom. The van der Waals surface area contributed by atoms with Gasteiger partial charge in [0.05, 0.1) is 6.04 Å². The van der Waals surface area contributed by atoms with Gasteiger partial charge in [-0.05, 0) is 41.3 Å². The Balaban J connectivity index is 2.21. The fourth-order valence-electron chi connectivity index (χ4n) is 2.85. The van der Waals surface area contributed by atoms with Crippen molar-refractivity contribution in [3.63, 3.8) is 0 Å². The molecule has 20 heavy (non-hydrogen) atoms. The molecule has 0 spiro atoms. The van der Waals surface area contributed by atoms with E-state index in [1.54, 1.807) is 0 Å². The molecule has 0 amide bonds. The van der Waals surface area contributed by atoms with Crippen molar-refractivity contribution in [3.8, 4) is 0 Å². The van der Waals surface area contributed by atoms with E-state index in [2.05, 4.69) is 74.5 Å². The molecule has 0 aliphatic heterocycles. The van der Waals surface area contributed by atoms with Crippen LogP contribution in [0.3, 0.4) is 0 Å². The minimum atomic E-state index is -0.0824. The molecule has 0 saturated heterocycles. The molecule has 0 aliphatic rings. The summed E-state index contributed by atoms with van der Waals surface area (Å²) in [5.41, 5.74) is 11.4. The molecular formula is C19H19N. The Hall–Kier alpha value is -2.12. The maximum Gasteiger partial charge on any atom is 0.0560 e. The summed E-state index contributed by atoms with van der Waals surface area (Å²) in [4.78, 5) is 0. The van der Waals surface area contributed by atoms with Gasteiger partial charge < -0.3 is 5.73 Å². The summed E-state index contributed by atoms with van der Waals surface area (Å²) in [6.45, 7) is 4.24. The largest absolute Gasteiger partial charge is 0.320 e. The van der Waals surface area contributed by atoms with E-state index >= 15 is 0 Å². The lowest BCUT2D eigenvalue weighted by atomic mass is 9.90. The first kappa shape index (κ1) is 12.9. The molecule has 1 atom stereocenters. The van der Waals surface area contributed by atoms with E-state index in [1.165, 1.54) is 33.0 Å². The summed E-state index contributed by atoms with van der Waals surface area (Å²) in [5, 5.41) is 2.50. The zero-order valence-electron chi connectivity index (χ0n) is 11.9. The number of fused-ring (bicyclic) bond motifs is 1. The second kappa shape index (κ2) is 5.10. The van der Waals surface area contributed by atoms with Crippen LogP contribution >= 0.6 is 0 Å². The van der Waals surface area contributed by atoms with Crippen LogP contribution < -0.4 is 5.73 Å². The van der Waals surface area contributed by atoms with E-state index in [-0.39, 0.29) is 6.04 Å². The predicted molar refractivity (Wildman–Crippen MR) is 85.9 cm³/mol. The second-order valence-electron chi connectivity index (χ2n) is 5.41. The monoisotopic (exact) mass is 261 g/mol. The van der Waals surface area contributed by atoms with Crippen molar-refractivity contribution < 1.29 is 0 Å². The van der Waals surface area contributed by atoms with Crippen LogP contribution in [-0.4, -0.2) is 0 Å². The average molecular weight is 261 g/mol. The van der Waals surface area contributed by atoms with E-state index in [9.17, 15) is 0 Å². The van der Waals surface area contributed by atoms with E-state index in [0.29, 0.717) is 0 Å². The van der Waals surface area contributed by atoms with E-state index in [0.717, 1.165) is 0 Å². The zero-order valence-corrected chi connectivity index (χ0v) is 11.9. The quantitative estimate of drug-likeness (QED) is 0.722. The molecule has 3 aromatic rings. The first-order chi connectivity index (χ1) is 9.66. The molecule has 1 nitrogen and oxygen atoms in total. The van der Waals surface area contributed by atoms with E-state index < -0.39 is 0 Å². The Morgan fingerprint density at radius 1 is 0.850 bits per heavy atom. The van der Waals surface area contributed by atoms with Crippen molar-refractivity contribution in [1.29, 1.82) is 0 Å². The lowest BCUT2D eigenvalue weighted by Crippen LogP contribution is -2.14. The van der Waals surface area contributed by atoms with Gasteiger partial charge in [0.1, 0.15) is 0 Å². The van der Waals surface area contributed by atoms with E-state index in [1.807, 2.05) is 0 Å². The van der Waals surface area contributed by atoms with Crippen LogP contribution in [0.15, 0.2) is 60.7 Å². The molecule has 0 radical (unpaired) electrons. The summed E-state index contributed by atoms with van der Waals surface area (Å²) < 4.78 is 0. The SMILES string of the molecule is Cc1cccc(C(N)c2c(C)ccc3ccccc23)c1. The highest BCUT2D eigenvalue weighted by atomic mass is 14.6. The summed E-state index contributed by atoms with van der Waals surface area (Å²) in [6.07, 6.45) is 0. The van der Waals surface area contributed by atoms with Gasteiger partial charge in [0.2, 0.25) is 0 Å². The lowest BCUT2D eigenvalue weighted by molar-refractivity contribution is 0.870. The highest BCUT2D eigenvalue weighted by molar-refractivity contribution is 5.87. The van der Waals surface area contributed by atoms with Crippen molar-refractivity contribution in [3.05, 3.63) is 82.9 Å². The van der Waals surface area contributed by atoms with Crippen LogP contribution in [0.2, 0.25) is 0 Å². The predicted octanol–water partition coefficient (Wildman–Crippen LogP) is 4.50. The van der Waals surface area contributed by atoms with Gasteiger partial charge in [0.25, 0.3) is 0 Å². The molecule has 1 heteroatoms. The van der Waals surface area contributed by atoms with Crippen molar-refractivity contribution in [1.82, 2.24) is 0 Å². The normalized spacial score (nSPS) is 12.6. The summed E-state index contributed by atoms with van der Waals surface area (Å²) in [6, 6.07) is 21.1. The number of benzene rings is 3.